The first-order valence-electron chi connectivity index (χ1n) is 9.03. The number of piperazine rings is 1. The van der Waals surface area contributed by atoms with Gasteiger partial charge < -0.3 is 15.0 Å². The molecule has 4 rings (SSSR count). The molecule has 0 bridgehead atoms. The van der Waals surface area contributed by atoms with E-state index in [0.717, 1.165) is 48.0 Å². The van der Waals surface area contributed by atoms with E-state index < -0.39 is 27.0 Å². The fourth-order valence-electron chi connectivity index (χ4n) is 3.52. The lowest BCUT2D eigenvalue weighted by Gasteiger charge is -2.30. The molecular formula is C19H17BrF3N3O3S. The second-order valence-electron chi connectivity index (χ2n) is 6.70. The molecule has 1 aliphatic rings. The molecule has 2 heterocycles. The first kappa shape index (κ1) is 21.0. The number of hydrogen-bond donors (Lipinski definition) is 1. The standard InChI is InChI=1S/C19H17BrF3N3O3S/c20-13-4-5-18(17(12-13)29-19(21,22)23)30(27,28)26-9-6-14-15(2-1-3-16(14)26)25-10-7-24-8-11-25/h1-6,9,12,24H,7-8,10-11H2. The molecule has 0 unspecified atom stereocenters. The van der Waals surface area contributed by atoms with Crippen LogP contribution in [0.3, 0.4) is 0 Å². The smallest absolute Gasteiger partial charge is 0.404 e. The maximum atomic E-state index is 13.3. The highest BCUT2D eigenvalue weighted by atomic mass is 79.9. The maximum Gasteiger partial charge on any atom is 0.573 e. The summed E-state index contributed by atoms with van der Waals surface area (Å²) in [6.45, 7) is 3.17. The fraction of sp³-hybridized carbons (Fsp3) is 0.263. The largest absolute Gasteiger partial charge is 0.573 e. The summed E-state index contributed by atoms with van der Waals surface area (Å²) in [4.78, 5) is 1.57. The summed E-state index contributed by atoms with van der Waals surface area (Å²) in [5.74, 6) is -0.794. The van der Waals surface area contributed by atoms with Crippen molar-refractivity contribution in [2.24, 2.45) is 0 Å². The van der Waals surface area contributed by atoms with Crippen molar-refractivity contribution in [2.75, 3.05) is 31.1 Å². The normalized spacial score (nSPS) is 15.5. The van der Waals surface area contributed by atoms with Crippen LogP contribution in [0.2, 0.25) is 0 Å². The van der Waals surface area contributed by atoms with Crippen LogP contribution in [0.4, 0.5) is 18.9 Å². The average Bonchev–Trinajstić information content (AvgIpc) is 3.12. The molecule has 1 fully saturated rings. The van der Waals surface area contributed by atoms with Gasteiger partial charge in [0.25, 0.3) is 10.0 Å². The molecule has 11 heteroatoms. The number of anilines is 1. The molecule has 0 aliphatic carbocycles. The lowest BCUT2D eigenvalue weighted by molar-refractivity contribution is -0.275. The Labute approximate surface area is 179 Å². The van der Waals surface area contributed by atoms with E-state index in [-0.39, 0.29) is 4.47 Å². The molecule has 0 amide bonds. The van der Waals surface area contributed by atoms with Crippen molar-refractivity contribution in [3.8, 4) is 5.75 Å². The van der Waals surface area contributed by atoms with Gasteiger partial charge in [0, 0.05) is 47.9 Å². The summed E-state index contributed by atoms with van der Waals surface area (Å²) in [6.07, 6.45) is -3.68. The van der Waals surface area contributed by atoms with Gasteiger partial charge in [0.1, 0.15) is 4.90 Å². The summed E-state index contributed by atoms with van der Waals surface area (Å²) >= 11 is 3.05. The van der Waals surface area contributed by atoms with E-state index in [1.807, 2.05) is 6.07 Å². The molecule has 1 saturated heterocycles. The third kappa shape index (κ3) is 4.01. The van der Waals surface area contributed by atoms with Crippen molar-refractivity contribution in [1.82, 2.24) is 9.29 Å². The molecule has 6 nitrogen and oxygen atoms in total. The Balaban J connectivity index is 1.83. The number of rotatable bonds is 4. The predicted octanol–water partition coefficient (Wildman–Crippen LogP) is 3.95. The van der Waals surface area contributed by atoms with Gasteiger partial charge in [-0.3, -0.25) is 0 Å². The Bertz CT molecular complexity index is 1190. The highest BCUT2D eigenvalue weighted by molar-refractivity contribution is 9.10. The zero-order chi connectivity index (χ0) is 21.5. The lowest BCUT2D eigenvalue weighted by atomic mass is 10.2. The molecule has 160 valence electrons. The second kappa shape index (κ2) is 7.78. The number of hydrogen-bond acceptors (Lipinski definition) is 5. The number of alkyl halides is 3. The third-order valence-corrected chi connectivity index (χ3v) is 7.02. The van der Waals surface area contributed by atoms with E-state index in [0.29, 0.717) is 10.9 Å². The Morgan fingerprint density at radius 3 is 2.50 bits per heavy atom. The van der Waals surface area contributed by atoms with Gasteiger partial charge in [-0.1, -0.05) is 22.0 Å². The molecule has 1 aromatic heterocycles. The topological polar surface area (TPSA) is 63.6 Å². The quantitative estimate of drug-likeness (QED) is 0.583. The second-order valence-corrected chi connectivity index (χ2v) is 9.40. The molecule has 0 saturated carbocycles. The van der Waals surface area contributed by atoms with E-state index in [2.05, 4.69) is 30.9 Å². The maximum absolute atomic E-state index is 13.3. The predicted molar refractivity (Wildman–Crippen MR) is 110 cm³/mol. The molecule has 1 N–H and O–H groups in total. The zero-order valence-electron chi connectivity index (χ0n) is 15.5. The molecule has 30 heavy (non-hydrogen) atoms. The van der Waals surface area contributed by atoms with Crippen LogP contribution >= 0.6 is 15.9 Å². The van der Waals surface area contributed by atoms with Gasteiger partial charge >= 0.3 is 6.36 Å². The van der Waals surface area contributed by atoms with E-state index in [4.69, 9.17) is 0 Å². The summed E-state index contributed by atoms with van der Waals surface area (Å²) in [6, 6.07) is 10.4. The number of benzene rings is 2. The summed E-state index contributed by atoms with van der Waals surface area (Å²) in [5, 5.41) is 3.97. The van der Waals surface area contributed by atoms with E-state index in [1.54, 1.807) is 18.2 Å². The number of nitrogens with one attached hydrogen (secondary N) is 1. The van der Waals surface area contributed by atoms with Crippen LogP contribution < -0.4 is 15.0 Å². The van der Waals surface area contributed by atoms with Crippen LogP contribution in [0.5, 0.6) is 5.75 Å². The zero-order valence-corrected chi connectivity index (χ0v) is 17.9. The van der Waals surface area contributed by atoms with Gasteiger partial charge in [-0.25, -0.2) is 12.4 Å². The number of halogens is 4. The van der Waals surface area contributed by atoms with Gasteiger partial charge in [0.2, 0.25) is 0 Å². The minimum atomic E-state index is -5.03. The summed E-state index contributed by atoms with van der Waals surface area (Å²) in [5.41, 5.74) is 1.26. The van der Waals surface area contributed by atoms with E-state index in [9.17, 15) is 21.6 Å². The van der Waals surface area contributed by atoms with Crippen LogP contribution in [-0.4, -0.2) is 44.9 Å². The van der Waals surface area contributed by atoms with E-state index >= 15 is 0 Å². The van der Waals surface area contributed by atoms with Crippen molar-refractivity contribution >= 4 is 42.5 Å². The van der Waals surface area contributed by atoms with Gasteiger partial charge in [0.15, 0.2) is 5.75 Å². The Morgan fingerprint density at radius 1 is 1.07 bits per heavy atom. The van der Waals surface area contributed by atoms with Crippen LogP contribution in [0, 0.1) is 0 Å². The molecule has 0 atom stereocenters. The number of nitrogens with zero attached hydrogens (tertiary/aromatic N) is 2. The third-order valence-electron chi connectivity index (χ3n) is 4.80. The van der Waals surface area contributed by atoms with Crippen LogP contribution in [-0.2, 0) is 10.0 Å². The van der Waals surface area contributed by atoms with Crippen molar-refractivity contribution in [2.45, 2.75) is 11.3 Å². The van der Waals surface area contributed by atoms with Crippen LogP contribution in [0.1, 0.15) is 0 Å². The van der Waals surface area contributed by atoms with Gasteiger partial charge in [-0.2, -0.15) is 0 Å². The Morgan fingerprint density at radius 2 is 1.80 bits per heavy atom. The highest BCUT2D eigenvalue weighted by Crippen LogP contribution is 2.36. The lowest BCUT2D eigenvalue weighted by Crippen LogP contribution is -2.43. The van der Waals surface area contributed by atoms with Gasteiger partial charge in [-0.15, -0.1) is 13.2 Å². The Kier molecular flexibility index (Phi) is 5.45. The molecule has 3 aromatic rings. The molecule has 0 radical (unpaired) electrons. The minimum absolute atomic E-state index is 0.263. The number of ether oxygens (including phenoxy) is 1. The van der Waals surface area contributed by atoms with Crippen molar-refractivity contribution in [1.29, 1.82) is 0 Å². The van der Waals surface area contributed by atoms with Gasteiger partial charge in [0.05, 0.1) is 5.52 Å². The van der Waals surface area contributed by atoms with Crippen LogP contribution in [0.15, 0.2) is 58.0 Å². The highest BCUT2D eigenvalue weighted by Gasteiger charge is 2.35. The SMILES string of the molecule is O=S(=O)(c1ccc(Br)cc1OC(F)(F)F)n1ccc2c(N3CCNCC3)cccc21. The minimum Gasteiger partial charge on any atom is -0.404 e. The van der Waals surface area contributed by atoms with Gasteiger partial charge in [-0.05, 0) is 36.4 Å². The molecule has 1 aliphatic heterocycles. The monoisotopic (exact) mass is 503 g/mol. The van der Waals surface area contributed by atoms with Crippen LogP contribution in [0.25, 0.3) is 10.9 Å². The van der Waals surface area contributed by atoms with Crippen molar-refractivity contribution in [3.05, 3.63) is 53.1 Å². The fourth-order valence-corrected chi connectivity index (χ4v) is 5.31. The summed E-state index contributed by atoms with van der Waals surface area (Å²) < 4.78 is 70.4. The first-order valence-corrected chi connectivity index (χ1v) is 11.3. The molecule has 2 aromatic carbocycles. The number of aromatic nitrogens is 1. The summed E-state index contributed by atoms with van der Waals surface area (Å²) in [7, 11) is -4.35. The van der Waals surface area contributed by atoms with Crippen molar-refractivity contribution < 1.29 is 26.3 Å². The molecule has 0 spiro atoms. The first-order chi connectivity index (χ1) is 14.2. The average molecular weight is 504 g/mol. The Hall–Kier alpha value is -2.24. The van der Waals surface area contributed by atoms with Crippen molar-refractivity contribution in [3.63, 3.8) is 0 Å². The molecular weight excluding hydrogens is 487 g/mol. The number of fused-ring (bicyclic) bond motifs is 1. The van der Waals surface area contributed by atoms with E-state index in [1.165, 1.54) is 12.3 Å².